The van der Waals surface area contributed by atoms with Gasteiger partial charge in [-0.2, -0.15) is 0 Å². The summed E-state index contributed by atoms with van der Waals surface area (Å²) in [7, 11) is 1.01. The molecule has 1 unspecified atom stereocenters. The fourth-order valence-corrected chi connectivity index (χ4v) is 1.19. The summed E-state index contributed by atoms with van der Waals surface area (Å²) in [6.45, 7) is 0. The van der Waals surface area contributed by atoms with Crippen LogP contribution < -0.4 is 0 Å². The van der Waals surface area contributed by atoms with E-state index in [1.165, 1.54) is 0 Å². The number of methoxy groups -OCH3 is 1. The lowest BCUT2D eigenvalue weighted by Crippen LogP contribution is -2.14. The van der Waals surface area contributed by atoms with Gasteiger partial charge in [-0.3, -0.25) is 0 Å². The number of rotatable bonds is 3. The van der Waals surface area contributed by atoms with E-state index in [-0.39, 0.29) is 5.56 Å². The minimum Gasteiger partial charge on any atom is -0.504 e. The van der Waals surface area contributed by atoms with Gasteiger partial charge in [0.25, 0.3) is 0 Å². The van der Waals surface area contributed by atoms with Gasteiger partial charge in [-0.05, 0) is 17.7 Å². The second-order valence-corrected chi connectivity index (χ2v) is 3.13. The molecule has 0 radical (unpaired) electrons. The van der Waals surface area contributed by atoms with Gasteiger partial charge in [0.1, 0.15) is 5.56 Å². The predicted molar refractivity (Wildman–Crippen MR) is 52.0 cm³/mol. The van der Waals surface area contributed by atoms with Gasteiger partial charge in [-0.15, -0.1) is 0 Å². The second-order valence-electron chi connectivity index (χ2n) is 3.13. The lowest BCUT2D eigenvalue weighted by Gasteiger charge is -2.10. The van der Waals surface area contributed by atoms with Gasteiger partial charge < -0.3 is 20.1 Å². The SMILES string of the molecule is COC(=O)C(O)c1cc(F)c(O)c(C(=O)O)c1. The van der Waals surface area contributed by atoms with Crippen LogP contribution in [-0.4, -0.2) is 34.4 Å². The molecule has 0 heterocycles. The minimum absolute atomic E-state index is 0.315. The first-order chi connectivity index (χ1) is 7.88. The lowest BCUT2D eigenvalue weighted by molar-refractivity contribution is -0.150. The van der Waals surface area contributed by atoms with E-state index >= 15 is 0 Å². The molecular weight excluding hydrogens is 235 g/mol. The van der Waals surface area contributed by atoms with Gasteiger partial charge in [0.05, 0.1) is 7.11 Å². The average Bonchev–Trinajstić information content (AvgIpc) is 2.30. The fourth-order valence-electron chi connectivity index (χ4n) is 1.19. The molecule has 0 spiro atoms. The fraction of sp³-hybridized carbons (Fsp3) is 0.200. The van der Waals surface area contributed by atoms with Crippen molar-refractivity contribution >= 4 is 11.9 Å². The van der Waals surface area contributed by atoms with Crippen LogP contribution >= 0.6 is 0 Å². The number of carbonyl (C=O) groups is 2. The number of hydrogen-bond donors (Lipinski definition) is 3. The van der Waals surface area contributed by atoms with E-state index in [0.717, 1.165) is 13.2 Å². The maximum atomic E-state index is 13.2. The van der Waals surface area contributed by atoms with Crippen LogP contribution in [0, 0.1) is 5.82 Å². The monoisotopic (exact) mass is 244 g/mol. The zero-order valence-corrected chi connectivity index (χ0v) is 8.68. The van der Waals surface area contributed by atoms with E-state index in [4.69, 9.17) is 10.2 Å². The van der Waals surface area contributed by atoms with Crippen molar-refractivity contribution in [1.82, 2.24) is 0 Å². The zero-order chi connectivity index (χ0) is 13.2. The number of aliphatic hydroxyl groups excluding tert-OH is 1. The van der Waals surface area contributed by atoms with E-state index in [2.05, 4.69) is 4.74 Å². The van der Waals surface area contributed by atoms with Crippen molar-refractivity contribution < 1.29 is 34.0 Å². The van der Waals surface area contributed by atoms with Crippen molar-refractivity contribution in [3.05, 3.63) is 29.1 Å². The number of benzene rings is 1. The second kappa shape index (κ2) is 4.79. The molecule has 1 rings (SSSR count). The van der Waals surface area contributed by atoms with Crippen molar-refractivity contribution in [3.8, 4) is 5.75 Å². The van der Waals surface area contributed by atoms with Crippen molar-refractivity contribution in [2.24, 2.45) is 0 Å². The summed E-state index contributed by atoms with van der Waals surface area (Å²) in [5.41, 5.74) is -1.06. The third kappa shape index (κ3) is 2.51. The Morgan fingerprint density at radius 1 is 1.41 bits per heavy atom. The van der Waals surface area contributed by atoms with E-state index in [9.17, 15) is 19.1 Å². The number of phenols is 1. The Labute approximate surface area is 94.9 Å². The Morgan fingerprint density at radius 3 is 2.47 bits per heavy atom. The van der Waals surface area contributed by atoms with Crippen LogP contribution in [0.25, 0.3) is 0 Å². The van der Waals surface area contributed by atoms with E-state index in [1.54, 1.807) is 0 Å². The Balaban J connectivity index is 3.28. The summed E-state index contributed by atoms with van der Waals surface area (Å²) in [6, 6.07) is 1.45. The maximum Gasteiger partial charge on any atom is 0.339 e. The quantitative estimate of drug-likeness (QED) is 0.666. The molecule has 17 heavy (non-hydrogen) atoms. The third-order valence-corrected chi connectivity index (χ3v) is 2.06. The Hall–Kier alpha value is -2.15. The van der Waals surface area contributed by atoms with Gasteiger partial charge >= 0.3 is 11.9 Å². The molecule has 92 valence electrons. The average molecular weight is 244 g/mol. The van der Waals surface area contributed by atoms with E-state index in [1.807, 2.05) is 0 Å². The molecule has 0 aliphatic heterocycles. The van der Waals surface area contributed by atoms with Crippen molar-refractivity contribution in [1.29, 1.82) is 0 Å². The number of esters is 1. The molecule has 0 amide bonds. The van der Waals surface area contributed by atoms with Crippen molar-refractivity contribution in [2.75, 3.05) is 7.11 Å². The van der Waals surface area contributed by atoms with Crippen LogP contribution in [0.15, 0.2) is 12.1 Å². The Bertz CT molecular complexity index is 470. The summed E-state index contributed by atoms with van der Waals surface area (Å²) in [5, 5.41) is 27.2. The highest BCUT2D eigenvalue weighted by atomic mass is 19.1. The van der Waals surface area contributed by atoms with Crippen LogP contribution in [0.2, 0.25) is 0 Å². The highest BCUT2D eigenvalue weighted by molar-refractivity contribution is 5.91. The molecule has 7 heteroatoms. The summed E-state index contributed by atoms with van der Waals surface area (Å²) in [6.07, 6.45) is -1.81. The zero-order valence-electron chi connectivity index (χ0n) is 8.68. The molecule has 1 atom stereocenters. The minimum atomic E-state index is -1.81. The van der Waals surface area contributed by atoms with Gasteiger partial charge in [-0.25, -0.2) is 14.0 Å². The largest absolute Gasteiger partial charge is 0.504 e. The van der Waals surface area contributed by atoms with Crippen molar-refractivity contribution in [2.45, 2.75) is 6.10 Å². The van der Waals surface area contributed by atoms with Crippen LogP contribution in [0.4, 0.5) is 4.39 Å². The topological polar surface area (TPSA) is 104 Å². The number of aliphatic hydroxyl groups is 1. The Kier molecular flexibility index (Phi) is 3.64. The van der Waals surface area contributed by atoms with Crippen LogP contribution in [0.5, 0.6) is 5.75 Å². The number of carbonyl (C=O) groups excluding carboxylic acids is 1. The highest BCUT2D eigenvalue weighted by Crippen LogP contribution is 2.26. The predicted octanol–water partition coefficient (Wildman–Crippen LogP) is 0.436. The van der Waals surface area contributed by atoms with Gasteiger partial charge in [0.15, 0.2) is 17.7 Å². The van der Waals surface area contributed by atoms with Crippen LogP contribution in [0.3, 0.4) is 0 Å². The number of carboxylic acid groups (broad SMARTS) is 1. The summed E-state index contributed by atoms with van der Waals surface area (Å²) < 4.78 is 17.4. The smallest absolute Gasteiger partial charge is 0.339 e. The van der Waals surface area contributed by atoms with Gasteiger partial charge in [0, 0.05) is 0 Å². The third-order valence-electron chi connectivity index (χ3n) is 2.06. The van der Waals surface area contributed by atoms with Crippen LogP contribution in [0.1, 0.15) is 22.0 Å². The number of hydrogen-bond acceptors (Lipinski definition) is 5. The van der Waals surface area contributed by atoms with Gasteiger partial charge in [0.2, 0.25) is 0 Å². The van der Waals surface area contributed by atoms with Crippen LogP contribution in [-0.2, 0) is 9.53 Å². The molecule has 0 aliphatic rings. The van der Waals surface area contributed by atoms with E-state index in [0.29, 0.717) is 6.07 Å². The first-order valence-corrected chi connectivity index (χ1v) is 4.40. The first-order valence-electron chi connectivity index (χ1n) is 4.40. The molecule has 1 aromatic carbocycles. The summed E-state index contributed by atoms with van der Waals surface area (Å²) in [5.74, 6) is -4.95. The number of carboxylic acids is 1. The molecule has 0 aliphatic carbocycles. The molecule has 6 nitrogen and oxygen atoms in total. The first kappa shape index (κ1) is 12.9. The van der Waals surface area contributed by atoms with E-state index < -0.39 is 35.2 Å². The molecule has 0 bridgehead atoms. The molecule has 1 aromatic rings. The number of ether oxygens (including phenoxy) is 1. The molecule has 0 saturated heterocycles. The normalized spacial score (nSPS) is 11.9. The van der Waals surface area contributed by atoms with Crippen molar-refractivity contribution in [3.63, 3.8) is 0 Å². The summed E-state index contributed by atoms with van der Waals surface area (Å²) >= 11 is 0. The van der Waals surface area contributed by atoms with Gasteiger partial charge in [-0.1, -0.05) is 0 Å². The number of halogens is 1. The maximum absolute atomic E-state index is 13.2. The summed E-state index contributed by atoms with van der Waals surface area (Å²) in [4.78, 5) is 21.6. The molecule has 0 fully saturated rings. The molecule has 3 N–H and O–H groups in total. The lowest BCUT2D eigenvalue weighted by atomic mass is 10.0. The molecule has 0 saturated carbocycles. The molecule has 0 aromatic heterocycles. The number of aromatic hydroxyl groups is 1. The highest BCUT2D eigenvalue weighted by Gasteiger charge is 2.23. The standard InChI is InChI=1S/C10H9FO6/c1-17-10(16)7(12)4-2-5(9(14)15)8(13)6(11)3-4/h2-3,7,12-13H,1H3,(H,14,15). The molecular formula is C10H9FO6. The Morgan fingerprint density at radius 2 is 2.00 bits per heavy atom. The number of aromatic carboxylic acids is 1.